The standard InChI is InChI=1S/C4H4N2O2S/c1-2-5-3(7)6-4(8)9-2/h1H3,(H,6,7,8). The minimum Gasteiger partial charge on any atom is -0.264 e. The summed E-state index contributed by atoms with van der Waals surface area (Å²) < 4.78 is 0. The van der Waals surface area contributed by atoms with E-state index in [4.69, 9.17) is 0 Å². The Hall–Kier alpha value is -0.970. The van der Waals surface area contributed by atoms with Gasteiger partial charge >= 0.3 is 10.6 Å². The second-order valence-electron chi connectivity index (χ2n) is 1.45. The van der Waals surface area contributed by atoms with E-state index in [-0.39, 0.29) is 4.87 Å². The maximum absolute atomic E-state index is 10.4. The molecule has 1 heterocycles. The lowest BCUT2D eigenvalue weighted by Gasteiger charge is -1.81. The van der Waals surface area contributed by atoms with Crippen molar-refractivity contribution < 1.29 is 0 Å². The highest BCUT2D eigenvalue weighted by molar-refractivity contribution is 7.08. The third kappa shape index (κ3) is 1.46. The monoisotopic (exact) mass is 144 g/mol. The maximum atomic E-state index is 10.4. The van der Waals surface area contributed by atoms with Crippen molar-refractivity contribution in [3.63, 3.8) is 0 Å². The van der Waals surface area contributed by atoms with Gasteiger partial charge in [-0.15, -0.1) is 0 Å². The molecule has 0 saturated heterocycles. The predicted molar refractivity (Wildman–Crippen MR) is 33.7 cm³/mol. The number of aromatic nitrogens is 2. The van der Waals surface area contributed by atoms with Gasteiger partial charge in [-0.1, -0.05) is 11.3 Å². The summed E-state index contributed by atoms with van der Waals surface area (Å²) >= 11 is 0.924. The number of aromatic amines is 1. The molecule has 0 aliphatic heterocycles. The van der Waals surface area contributed by atoms with Crippen LogP contribution < -0.4 is 10.6 Å². The fourth-order valence-corrected chi connectivity index (χ4v) is 0.976. The number of hydrogen-bond donors (Lipinski definition) is 1. The Morgan fingerprint density at radius 1 is 1.56 bits per heavy atom. The van der Waals surface area contributed by atoms with Crippen LogP contribution in [0.4, 0.5) is 0 Å². The summed E-state index contributed by atoms with van der Waals surface area (Å²) in [5, 5.41) is 0.490. The van der Waals surface area contributed by atoms with Gasteiger partial charge < -0.3 is 0 Å². The normalized spacial score (nSPS) is 9.44. The highest BCUT2D eigenvalue weighted by atomic mass is 32.1. The van der Waals surface area contributed by atoms with Crippen LogP contribution in [0.15, 0.2) is 9.59 Å². The van der Waals surface area contributed by atoms with Crippen molar-refractivity contribution in [1.29, 1.82) is 0 Å². The van der Waals surface area contributed by atoms with Gasteiger partial charge in [0.2, 0.25) is 0 Å². The first kappa shape index (κ1) is 6.15. The van der Waals surface area contributed by atoms with E-state index >= 15 is 0 Å². The summed E-state index contributed by atoms with van der Waals surface area (Å²) in [6, 6.07) is 0. The molecule has 1 N–H and O–H groups in total. The number of nitrogens with zero attached hydrogens (tertiary/aromatic N) is 1. The van der Waals surface area contributed by atoms with Crippen molar-refractivity contribution in [2.75, 3.05) is 0 Å². The van der Waals surface area contributed by atoms with Gasteiger partial charge in [-0.25, -0.2) is 4.79 Å². The van der Waals surface area contributed by atoms with Gasteiger partial charge in [0.05, 0.1) is 0 Å². The third-order valence-corrected chi connectivity index (χ3v) is 1.38. The molecule has 0 aromatic carbocycles. The Morgan fingerprint density at radius 3 is 2.67 bits per heavy atom. The van der Waals surface area contributed by atoms with E-state index in [2.05, 4.69) is 4.98 Å². The van der Waals surface area contributed by atoms with Crippen molar-refractivity contribution in [2.45, 2.75) is 6.92 Å². The van der Waals surface area contributed by atoms with Gasteiger partial charge in [-0.3, -0.25) is 9.78 Å². The second kappa shape index (κ2) is 2.10. The fraction of sp³-hybridized carbons (Fsp3) is 0.250. The average Bonchev–Trinajstić information content (AvgIpc) is 1.59. The highest BCUT2D eigenvalue weighted by Crippen LogP contribution is 1.85. The summed E-state index contributed by atoms with van der Waals surface area (Å²) in [4.78, 5) is 25.9. The zero-order valence-electron chi connectivity index (χ0n) is 4.67. The molecule has 0 bridgehead atoms. The Morgan fingerprint density at radius 2 is 2.22 bits per heavy atom. The minimum absolute atomic E-state index is 0.354. The molecule has 1 rings (SSSR count). The topological polar surface area (TPSA) is 62.8 Å². The van der Waals surface area contributed by atoms with E-state index in [9.17, 15) is 9.59 Å². The van der Waals surface area contributed by atoms with Crippen LogP contribution in [0.1, 0.15) is 5.01 Å². The van der Waals surface area contributed by atoms with Crippen LogP contribution in [0.5, 0.6) is 0 Å². The molecule has 0 aliphatic carbocycles. The summed E-state index contributed by atoms with van der Waals surface area (Å²) in [6.07, 6.45) is 0. The van der Waals surface area contributed by atoms with E-state index < -0.39 is 5.69 Å². The smallest absolute Gasteiger partial charge is 0.264 e. The van der Waals surface area contributed by atoms with E-state index in [1.807, 2.05) is 4.98 Å². The summed E-state index contributed by atoms with van der Waals surface area (Å²) in [5.41, 5.74) is -0.573. The van der Waals surface area contributed by atoms with Crippen LogP contribution in [0.3, 0.4) is 0 Å². The average molecular weight is 144 g/mol. The lowest BCUT2D eigenvalue weighted by molar-refractivity contribution is 1.05. The first-order valence-corrected chi connectivity index (χ1v) is 3.08. The fourth-order valence-electron chi connectivity index (χ4n) is 0.441. The molecule has 9 heavy (non-hydrogen) atoms. The van der Waals surface area contributed by atoms with Gasteiger partial charge in [0.25, 0.3) is 0 Å². The van der Waals surface area contributed by atoms with Crippen LogP contribution in [0.2, 0.25) is 0 Å². The molecular weight excluding hydrogens is 140 g/mol. The first-order valence-electron chi connectivity index (χ1n) is 2.26. The lowest BCUT2D eigenvalue weighted by atomic mass is 10.8. The van der Waals surface area contributed by atoms with Crippen LogP contribution in [-0.4, -0.2) is 9.97 Å². The van der Waals surface area contributed by atoms with Gasteiger partial charge in [0.1, 0.15) is 5.01 Å². The van der Waals surface area contributed by atoms with Crippen molar-refractivity contribution in [3.8, 4) is 0 Å². The van der Waals surface area contributed by atoms with Gasteiger partial charge in [-0.05, 0) is 6.92 Å². The Bertz CT molecular complexity index is 285. The van der Waals surface area contributed by atoms with Gasteiger partial charge in [0, 0.05) is 0 Å². The zero-order valence-corrected chi connectivity index (χ0v) is 5.49. The molecule has 0 aliphatic rings. The molecule has 4 nitrogen and oxygen atoms in total. The molecule has 0 radical (unpaired) electrons. The highest BCUT2D eigenvalue weighted by Gasteiger charge is 1.89. The van der Waals surface area contributed by atoms with Gasteiger partial charge in [-0.2, -0.15) is 4.98 Å². The molecule has 0 amide bonds. The number of rotatable bonds is 0. The number of nitrogens with one attached hydrogen (secondary N) is 1. The quantitative estimate of drug-likeness (QED) is 0.534. The van der Waals surface area contributed by atoms with E-state index in [0.717, 1.165) is 11.3 Å². The van der Waals surface area contributed by atoms with Crippen molar-refractivity contribution in [2.24, 2.45) is 0 Å². The van der Waals surface area contributed by atoms with E-state index in [1.54, 1.807) is 6.92 Å². The summed E-state index contributed by atoms with van der Waals surface area (Å²) in [5.74, 6) is 0. The Labute approximate surface area is 54.2 Å². The number of hydrogen-bond acceptors (Lipinski definition) is 4. The number of aryl methyl sites for hydroxylation is 1. The molecule has 0 atom stereocenters. The van der Waals surface area contributed by atoms with Crippen molar-refractivity contribution in [3.05, 3.63) is 25.2 Å². The molecule has 48 valence electrons. The third-order valence-electron chi connectivity index (χ3n) is 0.708. The molecule has 0 unspecified atom stereocenters. The molecule has 0 fully saturated rings. The molecule has 1 aromatic rings. The van der Waals surface area contributed by atoms with Crippen molar-refractivity contribution in [1.82, 2.24) is 9.97 Å². The minimum atomic E-state index is -0.573. The van der Waals surface area contributed by atoms with E-state index in [1.165, 1.54) is 0 Å². The Kier molecular flexibility index (Phi) is 1.44. The van der Waals surface area contributed by atoms with Crippen LogP contribution in [-0.2, 0) is 0 Å². The van der Waals surface area contributed by atoms with E-state index in [0.29, 0.717) is 5.01 Å². The summed E-state index contributed by atoms with van der Waals surface area (Å²) in [6.45, 7) is 1.61. The molecule has 0 spiro atoms. The lowest BCUT2D eigenvalue weighted by Crippen LogP contribution is -2.19. The molecule has 1 aromatic heterocycles. The second-order valence-corrected chi connectivity index (χ2v) is 2.62. The SMILES string of the molecule is Cc1nc(=O)[nH]c(=O)s1. The Balaban J connectivity index is 3.52. The molecule has 0 saturated carbocycles. The largest absolute Gasteiger partial charge is 0.349 e. The molecular formula is C4H4N2O2S. The van der Waals surface area contributed by atoms with Crippen molar-refractivity contribution >= 4 is 11.3 Å². The van der Waals surface area contributed by atoms with Crippen LogP contribution >= 0.6 is 11.3 Å². The first-order chi connectivity index (χ1) is 4.18. The summed E-state index contributed by atoms with van der Waals surface area (Å²) in [7, 11) is 0. The molecule has 5 heteroatoms. The van der Waals surface area contributed by atoms with Gasteiger partial charge in [0.15, 0.2) is 0 Å². The predicted octanol–water partition coefficient (Wildman–Crippen LogP) is -0.500. The van der Waals surface area contributed by atoms with Crippen LogP contribution in [0.25, 0.3) is 0 Å². The van der Waals surface area contributed by atoms with Crippen LogP contribution in [0, 0.1) is 6.92 Å². The maximum Gasteiger partial charge on any atom is 0.349 e. The number of H-pyrrole nitrogens is 1. The zero-order chi connectivity index (χ0) is 6.85.